The monoisotopic (exact) mass is 300 g/mol. The standard InChI is InChI=1S/C17H17ClN2O/c18-11-7-8-16-14(10-11)20-9-3-5-13(19)17(20)12-4-1-2-6-15(12)21-16/h1-2,4,6-8,10,13,17H,3,5,9,19H2. The summed E-state index contributed by atoms with van der Waals surface area (Å²) in [7, 11) is 0. The predicted molar refractivity (Wildman–Crippen MR) is 85.3 cm³/mol. The molecule has 108 valence electrons. The summed E-state index contributed by atoms with van der Waals surface area (Å²) in [5, 5.41) is 0.723. The van der Waals surface area contributed by atoms with Crippen LogP contribution < -0.4 is 15.4 Å². The maximum Gasteiger partial charge on any atom is 0.150 e. The number of halogens is 1. The lowest BCUT2D eigenvalue weighted by Gasteiger charge is -2.40. The molecule has 3 nitrogen and oxygen atoms in total. The van der Waals surface area contributed by atoms with Gasteiger partial charge < -0.3 is 15.4 Å². The lowest BCUT2D eigenvalue weighted by Crippen LogP contribution is -2.45. The third-order valence-electron chi connectivity index (χ3n) is 4.37. The van der Waals surface area contributed by atoms with E-state index < -0.39 is 0 Å². The second kappa shape index (κ2) is 4.93. The smallest absolute Gasteiger partial charge is 0.150 e. The van der Waals surface area contributed by atoms with Crippen molar-refractivity contribution in [3.8, 4) is 11.5 Å². The van der Waals surface area contributed by atoms with Crippen LogP contribution in [0.3, 0.4) is 0 Å². The highest BCUT2D eigenvalue weighted by Crippen LogP contribution is 2.47. The summed E-state index contributed by atoms with van der Waals surface area (Å²) < 4.78 is 6.14. The third kappa shape index (κ3) is 2.08. The number of ether oxygens (including phenoxy) is 1. The minimum Gasteiger partial charge on any atom is -0.455 e. The summed E-state index contributed by atoms with van der Waals surface area (Å²) in [5.74, 6) is 1.74. The number of hydrogen-bond donors (Lipinski definition) is 1. The molecule has 0 bridgehead atoms. The number of nitrogens with zero attached hydrogens (tertiary/aromatic N) is 1. The highest BCUT2D eigenvalue weighted by molar-refractivity contribution is 6.31. The average molecular weight is 301 g/mol. The fourth-order valence-corrected chi connectivity index (χ4v) is 3.60. The molecule has 2 aromatic carbocycles. The first-order chi connectivity index (χ1) is 10.2. The van der Waals surface area contributed by atoms with Gasteiger partial charge in [-0.3, -0.25) is 0 Å². The zero-order chi connectivity index (χ0) is 14.4. The van der Waals surface area contributed by atoms with Gasteiger partial charge in [0.1, 0.15) is 5.75 Å². The minimum atomic E-state index is 0.105. The number of piperidine rings is 1. The summed E-state index contributed by atoms with van der Waals surface area (Å²) >= 11 is 6.20. The Bertz CT molecular complexity index is 688. The molecule has 2 atom stereocenters. The highest BCUT2D eigenvalue weighted by atomic mass is 35.5. The van der Waals surface area contributed by atoms with Crippen molar-refractivity contribution in [3.05, 3.63) is 53.1 Å². The second-order valence-corrected chi connectivity index (χ2v) is 6.13. The van der Waals surface area contributed by atoms with E-state index in [1.807, 2.05) is 36.4 Å². The van der Waals surface area contributed by atoms with Gasteiger partial charge in [-0.2, -0.15) is 0 Å². The maximum atomic E-state index is 6.44. The van der Waals surface area contributed by atoms with Crippen LogP contribution >= 0.6 is 11.6 Å². The van der Waals surface area contributed by atoms with Gasteiger partial charge in [-0.25, -0.2) is 0 Å². The maximum absolute atomic E-state index is 6.44. The molecule has 2 aliphatic rings. The van der Waals surface area contributed by atoms with Crippen LogP contribution in [0, 0.1) is 0 Å². The summed E-state index contributed by atoms with van der Waals surface area (Å²) in [6.07, 6.45) is 2.12. The molecule has 0 radical (unpaired) electrons. The summed E-state index contributed by atoms with van der Waals surface area (Å²) in [6.45, 7) is 0.976. The Hall–Kier alpha value is -1.71. The van der Waals surface area contributed by atoms with Crippen LogP contribution in [0.15, 0.2) is 42.5 Å². The highest BCUT2D eigenvalue weighted by Gasteiger charge is 2.36. The molecule has 1 saturated heterocycles. The van der Waals surface area contributed by atoms with Crippen molar-refractivity contribution < 1.29 is 4.74 Å². The fraction of sp³-hybridized carbons (Fsp3) is 0.294. The summed E-state index contributed by atoms with van der Waals surface area (Å²) in [6, 6.07) is 14.2. The van der Waals surface area contributed by atoms with Crippen molar-refractivity contribution in [1.82, 2.24) is 0 Å². The second-order valence-electron chi connectivity index (χ2n) is 5.70. The van der Waals surface area contributed by atoms with Crippen LogP contribution in [0.25, 0.3) is 0 Å². The lowest BCUT2D eigenvalue weighted by molar-refractivity contribution is 0.408. The van der Waals surface area contributed by atoms with Gasteiger partial charge in [0.2, 0.25) is 0 Å². The third-order valence-corrected chi connectivity index (χ3v) is 4.60. The normalized spacial score (nSPS) is 23.4. The van der Waals surface area contributed by atoms with Gasteiger partial charge in [0.15, 0.2) is 5.75 Å². The molecule has 4 rings (SSSR count). The van der Waals surface area contributed by atoms with Crippen molar-refractivity contribution >= 4 is 17.3 Å². The summed E-state index contributed by atoms with van der Waals surface area (Å²) in [4.78, 5) is 2.35. The van der Waals surface area contributed by atoms with E-state index in [1.165, 1.54) is 0 Å². The van der Waals surface area contributed by atoms with E-state index in [0.717, 1.165) is 47.2 Å². The van der Waals surface area contributed by atoms with E-state index in [9.17, 15) is 0 Å². The van der Waals surface area contributed by atoms with E-state index in [0.29, 0.717) is 0 Å². The van der Waals surface area contributed by atoms with Gasteiger partial charge in [0.25, 0.3) is 0 Å². The molecule has 0 aliphatic carbocycles. The topological polar surface area (TPSA) is 38.5 Å². The SMILES string of the molecule is NC1CCCN2c3cc(Cl)ccc3Oc3ccccc3C12. The van der Waals surface area contributed by atoms with Gasteiger partial charge in [-0.1, -0.05) is 29.8 Å². The van der Waals surface area contributed by atoms with Crippen LogP contribution in [0.2, 0.25) is 5.02 Å². The van der Waals surface area contributed by atoms with Gasteiger partial charge in [0.05, 0.1) is 11.7 Å². The molecule has 0 amide bonds. The molecule has 0 saturated carbocycles. The quantitative estimate of drug-likeness (QED) is 0.795. The number of rotatable bonds is 0. The van der Waals surface area contributed by atoms with Gasteiger partial charge in [-0.05, 0) is 37.1 Å². The first kappa shape index (κ1) is 13.0. The zero-order valence-corrected chi connectivity index (χ0v) is 12.4. The van der Waals surface area contributed by atoms with Crippen molar-refractivity contribution in [2.75, 3.05) is 11.4 Å². The van der Waals surface area contributed by atoms with Crippen LogP contribution in [0.4, 0.5) is 5.69 Å². The first-order valence-corrected chi connectivity index (χ1v) is 7.70. The van der Waals surface area contributed by atoms with Crippen molar-refractivity contribution in [2.24, 2.45) is 5.73 Å². The average Bonchev–Trinajstić information content (AvgIpc) is 2.63. The number of anilines is 1. The first-order valence-electron chi connectivity index (χ1n) is 7.32. The molecule has 21 heavy (non-hydrogen) atoms. The molecular formula is C17H17ClN2O. The zero-order valence-electron chi connectivity index (χ0n) is 11.6. The van der Waals surface area contributed by atoms with Gasteiger partial charge >= 0.3 is 0 Å². The van der Waals surface area contributed by atoms with Crippen molar-refractivity contribution in [1.29, 1.82) is 0 Å². The van der Waals surface area contributed by atoms with E-state index in [2.05, 4.69) is 11.0 Å². The number of nitrogens with two attached hydrogens (primary N) is 1. The molecule has 2 unspecified atom stereocenters. The Balaban J connectivity index is 1.94. The van der Waals surface area contributed by atoms with Crippen LogP contribution in [-0.2, 0) is 0 Å². The lowest BCUT2D eigenvalue weighted by atomic mass is 9.90. The van der Waals surface area contributed by atoms with Crippen LogP contribution in [0.5, 0.6) is 11.5 Å². The Kier molecular flexibility index (Phi) is 3.05. The van der Waals surface area contributed by atoms with Crippen molar-refractivity contribution in [3.63, 3.8) is 0 Å². The van der Waals surface area contributed by atoms with Gasteiger partial charge in [-0.15, -0.1) is 0 Å². The Morgan fingerprint density at radius 3 is 2.90 bits per heavy atom. The van der Waals surface area contributed by atoms with E-state index in [-0.39, 0.29) is 12.1 Å². The molecule has 2 aliphatic heterocycles. The van der Waals surface area contributed by atoms with Gasteiger partial charge in [0, 0.05) is 23.2 Å². The number of para-hydroxylation sites is 1. The summed E-state index contributed by atoms with van der Waals surface area (Å²) in [5.41, 5.74) is 8.64. The number of hydrogen-bond acceptors (Lipinski definition) is 3. The molecule has 4 heteroatoms. The molecule has 0 aromatic heterocycles. The largest absolute Gasteiger partial charge is 0.455 e. The van der Waals surface area contributed by atoms with E-state index >= 15 is 0 Å². The number of benzene rings is 2. The minimum absolute atomic E-state index is 0.105. The predicted octanol–water partition coefficient (Wildman–Crippen LogP) is 4.11. The van der Waals surface area contributed by atoms with E-state index in [4.69, 9.17) is 22.1 Å². The van der Waals surface area contributed by atoms with Crippen molar-refractivity contribution in [2.45, 2.75) is 24.9 Å². The number of fused-ring (bicyclic) bond motifs is 5. The Labute approximate surface area is 129 Å². The van der Waals surface area contributed by atoms with E-state index in [1.54, 1.807) is 0 Å². The molecule has 2 heterocycles. The molecule has 2 aromatic rings. The molecule has 1 fully saturated rings. The Morgan fingerprint density at radius 1 is 1.14 bits per heavy atom. The van der Waals surface area contributed by atoms with Crippen LogP contribution in [0.1, 0.15) is 24.4 Å². The fourth-order valence-electron chi connectivity index (χ4n) is 3.43. The Morgan fingerprint density at radius 2 is 2.00 bits per heavy atom. The molecular weight excluding hydrogens is 284 g/mol. The van der Waals surface area contributed by atoms with Crippen LogP contribution in [-0.4, -0.2) is 12.6 Å². The molecule has 0 spiro atoms. The molecule has 2 N–H and O–H groups in total.